The molecule has 2 atom stereocenters. The van der Waals surface area contributed by atoms with Gasteiger partial charge in [0.05, 0.1) is 12.3 Å². The first-order valence-electron chi connectivity index (χ1n) is 6.31. The Balaban J connectivity index is 3.07. The highest BCUT2D eigenvalue weighted by Gasteiger charge is 2.23. The number of nitrogens with zero attached hydrogens (tertiary/aromatic N) is 3. The Morgan fingerprint density at radius 3 is 1.56 bits per heavy atom. The predicted octanol–water partition coefficient (Wildman–Crippen LogP) is 1.89. The SMILES string of the molecule is CC(N(C)C)N(c1ccc(N)cc1)C(C)N(C)C. The summed E-state index contributed by atoms with van der Waals surface area (Å²) in [6, 6.07) is 8.06. The molecule has 0 aromatic heterocycles. The average molecular weight is 250 g/mol. The standard InChI is InChI=1S/C14H26N4/c1-11(16(3)4)18(12(2)17(5)6)14-9-7-13(15)8-10-14/h7-12H,15H2,1-6H3. The van der Waals surface area contributed by atoms with Crippen LogP contribution in [0, 0.1) is 0 Å². The Bertz CT molecular complexity index is 345. The highest BCUT2D eigenvalue weighted by Crippen LogP contribution is 2.23. The van der Waals surface area contributed by atoms with Crippen LogP contribution in [0.15, 0.2) is 24.3 Å². The van der Waals surface area contributed by atoms with E-state index in [0.29, 0.717) is 12.3 Å². The molecule has 1 rings (SSSR count). The van der Waals surface area contributed by atoms with Crippen molar-refractivity contribution in [3.05, 3.63) is 24.3 Å². The molecule has 18 heavy (non-hydrogen) atoms. The lowest BCUT2D eigenvalue weighted by molar-refractivity contribution is 0.221. The van der Waals surface area contributed by atoms with Crippen LogP contribution >= 0.6 is 0 Å². The van der Waals surface area contributed by atoms with Gasteiger partial charge in [0.2, 0.25) is 0 Å². The summed E-state index contributed by atoms with van der Waals surface area (Å²) in [4.78, 5) is 6.78. The molecule has 0 bridgehead atoms. The van der Waals surface area contributed by atoms with E-state index in [1.807, 2.05) is 12.1 Å². The van der Waals surface area contributed by atoms with Gasteiger partial charge in [0, 0.05) is 11.4 Å². The smallest absolute Gasteiger partial charge is 0.0802 e. The first-order chi connectivity index (χ1) is 8.34. The Hall–Kier alpha value is -1.26. The molecule has 0 fully saturated rings. The second-order valence-corrected chi connectivity index (χ2v) is 5.19. The molecule has 102 valence electrons. The largest absolute Gasteiger partial charge is 0.399 e. The maximum absolute atomic E-state index is 5.76. The predicted molar refractivity (Wildman–Crippen MR) is 79.6 cm³/mol. The van der Waals surface area contributed by atoms with E-state index in [1.54, 1.807) is 0 Å². The number of hydrogen-bond acceptors (Lipinski definition) is 4. The van der Waals surface area contributed by atoms with E-state index in [2.05, 4.69) is 68.9 Å². The van der Waals surface area contributed by atoms with Gasteiger partial charge in [-0.1, -0.05) is 0 Å². The van der Waals surface area contributed by atoms with E-state index < -0.39 is 0 Å². The minimum Gasteiger partial charge on any atom is -0.399 e. The fraction of sp³-hybridized carbons (Fsp3) is 0.571. The van der Waals surface area contributed by atoms with Crippen LogP contribution in [-0.2, 0) is 0 Å². The van der Waals surface area contributed by atoms with E-state index in [4.69, 9.17) is 5.73 Å². The lowest BCUT2D eigenvalue weighted by Gasteiger charge is -2.42. The van der Waals surface area contributed by atoms with Crippen molar-refractivity contribution in [2.75, 3.05) is 38.8 Å². The minimum atomic E-state index is 0.311. The zero-order valence-electron chi connectivity index (χ0n) is 12.4. The third-order valence-electron chi connectivity index (χ3n) is 3.49. The van der Waals surface area contributed by atoms with Gasteiger partial charge in [-0.25, -0.2) is 0 Å². The van der Waals surface area contributed by atoms with Gasteiger partial charge in [-0.3, -0.25) is 9.80 Å². The van der Waals surface area contributed by atoms with Crippen LogP contribution in [0.1, 0.15) is 13.8 Å². The molecule has 2 unspecified atom stereocenters. The molecule has 0 aliphatic carbocycles. The van der Waals surface area contributed by atoms with E-state index in [-0.39, 0.29) is 0 Å². The Labute approximate surface area is 111 Å². The van der Waals surface area contributed by atoms with Crippen molar-refractivity contribution in [2.24, 2.45) is 0 Å². The zero-order chi connectivity index (χ0) is 13.9. The third-order valence-corrected chi connectivity index (χ3v) is 3.49. The Morgan fingerprint density at radius 2 is 1.22 bits per heavy atom. The van der Waals surface area contributed by atoms with Crippen LogP contribution in [0.2, 0.25) is 0 Å². The fourth-order valence-corrected chi connectivity index (χ4v) is 1.89. The monoisotopic (exact) mass is 250 g/mol. The van der Waals surface area contributed by atoms with Crippen molar-refractivity contribution < 1.29 is 0 Å². The first-order valence-corrected chi connectivity index (χ1v) is 6.31. The molecule has 0 heterocycles. The summed E-state index contributed by atoms with van der Waals surface area (Å²) in [7, 11) is 8.38. The normalized spacial score (nSPS) is 14.9. The van der Waals surface area contributed by atoms with Gasteiger partial charge in [0.25, 0.3) is 0 Å². The molecule has 2 N–H and O–H groups in total. The van der Waals surface area contributed by atoms with Gasteiger partial charge in [-0.2, -0.15) is 0 Å². The van der Waals surface area contributed by atoms with E-state index in [0.717, 1.165) is 5.69 Å². The summed E-state index contributed by atoms with van der Waals surface area (Å²) in [5, 5.41) is 0. The summed E-state index contributed by atoms with van der Waals surface area (Å²) in [6.45, 7) is 4.41. The molecule has 0 saturated heterocycles. The fourth-order valence-electron chi connectivity index (χ4n) is 1.89. The molecule has 0 spiro atoms. The van der Waals surface area contributed by atoms with Gasteiger partial charge in [0.15, 0.2) is 0 Å². The Kier molecular flexibility index (Phi) is 4.99. The maximum Gasteiger partial charge on any atom is 0.0802 e. The number of hydrogen-bond donors (Lipinski definition) is 1. The van der Waals surface area contributed by atoms with Crippen molar-refractivity contribution in [1.82, 2.24) is 9.80 Å². The first kappa shape index (κ1) is 14.8. The number of benzene rings is 1. The molecule has 4 heteroatoms. The minimum absolute atomic E-state index is 0.311. The average Bonchev–Trinajstić information content (AvgIpc) is 2.31. The third kappa shape index (κ3) is 3.37. The van der Waals surface area contributed by atoms with Crippen LogP contribution < -0.4 is 10.6 Å². The van der Waals surface area contributed by atoms with Gasteiger partial charge >= 0.3 is 0 Å². The van der Waals surface area contributed by atoms with Crippen molar-refractivity contribution in [3.8, 4) is 0 Å². The summed E-state index contributed by atoms with van der Waals surface area (Å²) in [5.74, 6) is 0. The van der Waals surface area contributed by atoms with Crippen molar-refractivity contribution >= 4 is 11.4 Å². The number of nitrogen functional groups attached to an aromatic ring is 1. The lowest BCUT2D eigenvalue weighted by Crippen LogP contribution is -2.52. The van der Waals surface area contributed by atoms with Crippen LogP contribution in [0.25, 0.3) is 0 Å². The van der Waals surface area contributed by atoms with Crippen LogP contribution in [0.5, 0.6) is 0 Å². The van der Waals surface area contributed by atoms with Crippen LogP contribution in [-0.4, -0.2) is 50.3 Å². The molecule has 4 nitrogen and oxygen atoms in total. The molecule has 1 aromatic rings. The second-order valence-electron chi connectivity index (χ2n) is 5.19. The number of anilines is 2. The summed E-state index contributed by atoms with van der Waals surface area (Å²) >= 11 is 0. The van der Waals surface area contributed by atoms with E-state index in [1.165, 1.54) is 5.69 Å². The van der Waals surface area contributed by atoms with E-state index >= 15 is 0 Å². The zero-order valence-corrected chi connectivity index (χ0v) is 12.4. The maximum atomic E-state index is 5.76. The highest BCUT2D eigenvalue weighted by atomic mass is 15.4. The summed E-state index contributed by atoms with van der Waals surface area (Å²) < 4.78 is 0. The van der Waals surface area contributed by atoms with E-state index in [9.17, 15) is 0 Å². The van der Waals surface area contributed by atoms with Crippen LogP contribution in [0.3, 0.4) is 0 Å². The molecule has 1 aromatic carbocycles. The Morgan fingerprint density at radius 1 is 0.833 bits per heavy atom. The molecule has 0 aliphatic rings. The molecular formula is C14H26N4. The topological polar surface area (TPSA) is 35.7 Å². The lowest BCUT2D eigenvalue weighted by atomic mass is 10.2. The highest BCUT2D eigenvalue weighted by molar-refractivity contribution is 5.54. The van der Waals surface area contributed by atoms with Gasteiger partial charge < -0.3 is 10.6 Å². The van der Waals surface area contributed by atoms with Gasteiger partial charge in [-0.15, -0.1) is 0 Å². The molecule has 0 radical (unpaired) electrons. The second kappa shape index (κ2) is 6.07. The molecule has 0 amide bonds. The summed E-state index contributed by atoms with van der Waals surface area (Å²) in [6.07, 6.45) is 0.622. The van der Waals surface area contributed by atoms with Crippen molar-refractivity contribution in [2.45, 2.75) is 26.2 Å². The van der Waals surface area contributed by atoms with Crippen molar-refractivity contribution in [1.29, 1.82) is 0 Å². The van der Waals surface area contributed by atoms with Crippen LogP contribution in [0.4, 0.5) is 11.4 Å². The quantitative estimate of drug-likeness (QED) is 0.639. The number of rotatable bonds is 5. The van der Waals surface area contributed by atoms with Crippen molar-refractivity contribution in [3.63, 3.8) is 0 Å². The molecule has 0 saturated carbocycles. The van der Waals surface area contributed by atoms with Gasteiger partial charge in [0.1, 0.15) is 0 Å². The molecule has 0 aliphatic heterocycles. The van der Waals surface area contributed by atoms with Gasteiger partial charge in [-0.05, 0) is 66.3 Å². The number of nitrogens with two attached hydrogens (primary N) is 1. The molecular weight excluding hydrogens is 224 g/mol. The summed E-state index contributed by atoms with van der Waals surface area (Å²) in [5.41, 5.74) is 7.75.